The summed E-state index contributed by atoms with van der Waals surface area (Å²) in [6.45, 7) is 3.06. The highest BCUT2D eigenvalue weighted by Gasteiger charge is 2.28. The van der Waals surface area contributed by atoms with Crippen LogP contribution >= 0.6 is 0 Å². The Kier molecular flexibility index (Phi) is 3.15. The molecule has 0 saturated carbocycles. The van der Waals surface area contributed by atoms with Crippen LogP contribution in [0.5, 0.6) is 0 Å². The van der Waals surface area contributed by atoms with Crippen LogP contribution in [0.2, 0.25) is 0 Å². The van der Waals surface area contributed by atoms with Gasteiger partial charge in [-0.05, 0) is 38.0 Å². The minimum absolute atomic E-state index is 0.343. The van der Waals surface area contributed by atoms with E-state index in [-0.39, 0.29) is 5.82 Å². The number of nitrogens with zero attached hydrogens (tertiary/aromatic N) is 1. The number of benzene rings is 1. The highest BCUT2D eigenvalue weighted by atomic mass is 19.1. The SMILES string of the molecule is CC1(O)CCN(c2ccc(C=O)cc2F)CC1. The first-order valence-electron chi connectivity index (χ1n) is 5.74. The summed E-state index contributed by atoms with van der Waals surface area (Å²) in [6.07, 6.45) is 1.89. The van der Waals surface area contributed by atoms with Crippen LogP contribution < -0.4 is 4.90 Å². The van der Waals surface area contributed by atoms with Crippen molar-refractivity contribution in [3.8, 4) is 0 Å². The van der Waals surface area contributed by atoms with Gasteiger partial charge in [0.05, 0.1) is 11.3 Å². The number of carbonyl (C=O) groups excluding carboxylic acids is 1. The lowest BCUT2D eigenvalue weighted by Crippen LogP contribution is -2.42. The van der Waals surface area contributed by atoms with E-state index in [0.717, 1.165) is 0 Å². The number of anilines is 1. The molecule has 0 unspecified atom stereocenters. The summed E-state index contributed by atoms with van der Waals surface area (Å²) in [5, 5.41) is 9.82. The van der Waals surface area contributed by atoms with E-state index >= 15 is 0 Å². The van der Waals surface area contributed by atoms with Gasteiger partial charge >= 0.3 is 0 Å². The summed E-state index contributed by atoms with van der Waals surface area (Å²) in [5.74, 6) is -0.379. The van der Waals surface area contributed by atoms with Gasteiger partial charge < -0.3 is 10.0 Å². The molecule has 4 heteroatoms. The zero-order chi connectivity index (χ0) is 12.5. The van der Waals surface area contributed by atoms with Crippen LogP contribution in [0.1, 0.15) is 30.1 Å². The number of aldehydes is 1. The Hall–Kier alpha value is -1.42. The van der Waals surface area contributed by atoms with Gasteiger partial charge in [-0.25, -0.2) is 4.39 Å². The summed E-state index contributed by atoms with van der Waals surface area (Å²) in [7, 11) is 0. The highest BCUT2D eigenvalue weighted by molar-refractivity contribution is 5.76. The number of aliphatic hydroxyl groups is 1. The molecule has 1 N–H and O–H groups in total. The van der Waals surface area contributed by atoms with Crippen LogP contribution in [0.3, 0.4) is 0 Å². The molecule has 1 saturated heterocycles. The molecule has 0 radical (unpaired) electrons. The summed E-state index contributed by atoms with van der Waals surface area (Å²) in [4.78, 5) is 12.4. The van der Waals surface area contributed by atoms with Crippen LogP contribution in [0.25, 0.3) is 0 Å². The van der Waals surface area contributed by atoms with Crippen LogP contribution in [-0.4, -0.2) is 30.1 Å². The molecule has 17 heavy (non-hydrogen) atoms. The van der Waals surface area contributed by atoms with Crippen molar-refractivity contribution >= 4 is 12.0 Å². The van der Waals surface area contributed by atoms with Crippen molar-refractivity contribution < 1.29 is 14.3 Å². The molecule has 2 rings (SSSR count). The Balaban J connectivity index is 2.16. The molecule has 3 nitrogen and oxygen atoms in total. The zero-order valence-corrected chi connectivity index (χ0v) is 9.82. The maximum atomic E-state index is 13.8. The third-order valence-electron chi connectivity index (χ3n) is 3.29. The molecule has 0 atom stereocenters. The molecule has 1 aliphatic rings. The van der Waals surface area contributed by atoms with E-state index < -0.39 is 5.60 Å². The summed E-state index contributed by atoms with van der Waals surface area (Å²) < 4.78 is 13.8. The van der Waals surface area contributed by atoms with E-state index in [1.54, 1.807) is 19.1 Å². The van der Waals surface area contributed by atoms with Crippen molar-refractivity contribution in [1.29, 1.82) is 0 Å². The Morgan fingerprint density at radius 1 is 1.41 bits per heavy atom. The molecule has 1 aromatic carbocycles. The molecule has 1 heterocycles. The van der Waals surface area contributed by atoms with Gasteiger partial charge in [-0.1, -0.05) is 0 Å². The molecule has 0 bridgehead atoms. The number of hydrogen-bond acceptors (Lipinski definition) is 3. The minimum Gasteiger partial charge on any atom is -0.390 e. The smallest absolute Gasteiger partial charge is 0.150 e. The second-order valence-electron chi connectivity index (χ2n) is 4.81. The van der Waals surface area contributed by atoms with Crippen LogP contribution in [0, 0.1) is 5.82 Å². The van der Waals surface area contributed by atoms with Gasteiger partial charge in [0.1, 0.15) is 12.1 Å². The van der Waals surface area contributed by atoms with Gasteiger partial charge in [-0.15, -0.1) is 0 Å². The number of carbonyl (C=O) groups is 1. The third-order valence-corrected chi connectivity index (χ3v) is 3.29. The maximum Gasteiger partial charge on any atom is 0.150 e. The molecule has 1 aromatic rings. The van der Waals surface area contributed by atoms with Crippen molar-refractivity contribution in [1.82, 2.24) is 0 Å². The number of hydrogen-bond donors (Lipinski definition) is 1. The summed E-state index contributed by atoms with van der Waals surface area (Å²) in [6, 6.07) is 4.48. The predicted molar refractivity (Wildman–Crippen MR) is 63.9 cm³/mol. The molecule has 0 aliphatic carbocycles. The van der Waals surface area contributed by atoms with Crippen LogP contribution in [0.15, 0.2) is 18.2 Å². The standard InChI is InChI=1S/C13H16FNO2/c1-13(17)4-6-15(7-5-13)12-3-2-10(9-16)8-11(12)14/h2-3,8-9,17H,4-7H2,1H3. The lowest BCUT2D eigenvalue weighted by atomic mass is 9.93. The van der Waals surface area contributed by atoms with Crippen molar-refractivity contribution in [2.24, 2.45) is 0 Å². The normalized spacial score (nSPS) is 19.1. The summed E-state index contributed by atoms with van der Waals surface area (Å²) in [5.41, 5.74) is 0.205. The van der Waals surface area contributed by atoms with E-state index in [1.165, 1.54) is 6.07 Å². The van der Waals surface area contributed by atoms with Gasteiger partial charge in [0.2, 0.25) is 0 Å². The summed E-state index contributed by atoms with van der Waals surface area (Å²) >= 11 is 0. The Bertz CT molecular complexity index is 421. The molecular weight excluding hydrogens is 221 g/mol. The van der Waals surface area contributed by atoms with Crippen LogP contribution in [-0.2, 0) is 0 Å². The van der Waals surface area contributed by atoms with Gasteiger partial charge in [-0.2, -0.15) is 0 Å². The predicted octanol–water partition coefficient (Wildman–Crippen LogP) is 1.99. The van der Waals surface area contributed by atoms with Gasteiger partial charge in [-0.3, -0.25) is 4.79 Å². The fourth-order valence-corrected chi connectivity index (χ4v) is 2.08. The molecule has 0 amide bonds. The quantitative estimate of drug-likeness (QED) is 0.800. The zero-order valence-electron chi connectivity index (χ0n) is 9.82. The molecule has 1 aliphatic heterocycles. The lowest BCUT2D eigenvalue weighted by molar-refractivity contribution is 0.0350. The highest BCUT2D eigenvalue weighted by Crippen LogP contribution is 2.27. The van der Waals surface area contributed by atoms with Gasteiger partial charge in [0, 0.05) is 18.7 Å². The van der Waals surface area contributed by atoms with Crippen molar-refractivity contribution in [3.05, 3.63) is 29.6 Å². The second-order valence-corrected chi connectivity index (χ2v) is 4.81. The van der Waals surface area contributed by atoms with E-state index in [9.17, 15) is 14.3 Å². The van der Waals surface area contributed by atoms with Gasteiger partial charge in [0.15, 0.2) is 0 Å². The molecule has 92 valence electrons. The fraction of sp³-hybridized carbons (Fsp3) is 0.462. The van der Waals surface area contributed by atoms with Crippen LogP contribution in [0.4, 0.5) is 10.1 Å². The van der Waals surface area contributed by atoms with Crippen molar-refractivity contribution in [3.63, 3.8) is 0 Å². The van der Waals surface area contributed by atoms with E-state index in [0.29, 0.717) is 43.5 Å². The largest absolute Gasteiger partial charge is 0.390 e. The van der Waals surface area contributed by atoms with Crippen molar-refractivity contribution in [2.75, 3.05) is 18.0 Å². The second kappa shape index (κ2) is 4.45. The molecule has 0 aromatic heterocycles. The Labute approximate surface area is 99.9 Å². The number of halogens is 1. The first kappa shape index (κ1) is 12.0. The van der Waals surface area contributed by atoms with E-state index in [1.807, 2.05) is 4.90 Å². The fourth-order valence-electron chi connectivity index (χ4n) is 2.08. The molecule has 1 fully saturated rings. The first-order valence-corrected chi connectivity index (χ1v) is 5.74. The average molecular weight is 237 g/mol. The lowest BCUT2D eigenvalue weighted by Gasteiger charge is -2.37. The number of piperidine rings is 1. The third kappa shape index (κ3) is 2.64. The molecular formula is C13H16FNO2. The topological polar surface area (TPSA) is 40.5 Å². The van der Waals surface area contributed by atoms with Gasteiger partial charge in [0.25, 0.3) is 0 Å². The molecule has 0 spiro atoms. The van der Waals surface area contributed by atoms with E-state index in [2.05, 4.69) is 0 Å². The Morgan fingerprint density at radius 3 is 2.59 bits per heavy atom. The minimum atomic E-state index is -0.643. The first-order chi connectivity index (χ1) is 8.02. The van der Waals surface area contributed by atoms with E-state index in [4.69, 9.17) is 0 Å². The maximum absolute atomic E-state index is 13.8. The van der Waals surface area contributed by atoms with Crippen molar-refractivity contribution in [2.45, 2.75) is 25.4 Å². The number of rotatable bonds is 2. The monoisotopic (exact) mass is 237 g/mol. The Morgan fingerprint density at radius 2 is 2.06 bits per heavy atom. The average Bonchev–Trinajstić information content (AvgIpc) is 2.29.